The van der Waals surface area contributed by atoms with Crippen LogP contribution in [0.15, 0.2) is 12.1 Å². The SMILES string of the molecule is O=C1CC(CCl)CN1c1cc(O)c(F)cc1F. The number of anilines is 1. The van der Waals surface area contributed by atoms with Crippen LogP contribution in [0.2, 0.25) is 0 Å². The number of benzene rings is 1. The Kier molecular flexibility index (Phi) is 3.19. The maximum Gasteiger partial charge on any atom is 0.227 e. The average Bonchev–Trinajstić information content (AvgIpc) is 2.65. The first-order valence-electron chi connectivity index (χ1n) is 5.07. The summed E-state index contributed by atoms with van der Waals surface area (Å²) < 4.78 is 26.4. The van der Waals surface area contributed by atoms with Crippen molar-refractivity contribution in [3.8, 4) is 5.75 Å². The highest BCUT2D eigenvalue weighted by Gasteiger charge is 2.32. The molecular formula is C11H10ClF2NO2. The largest absolute Gasteiger partial charge is 0.505 e. The smallest absolute Gasteiger partial charge is 0.227 e. The standard InChI is InChI=1S/C11H10ClF2NO2/c12-4-6-1-11(17)15(5-6)9-3-10(16)8(14)2-7(9)13/h2-3,6,16H,1,4-5H2. The van der Waals surface area contributed by atoms with E-state index in [0.29, 0.717) is 11.9 Å². The molecule has 0 saturated carbocycles. The van der Waals surface area contributed by atoms with E-state index in [1.807, 2.05) is 0 Å². The molecular weight excluding hydrogens is 252 g/mol. The van der Waals surface area contributed by atoms with E-state index >= 15 is 0 Å². The minimum Gasteiger partial charge on any atom is -0.505 e. The molecule has 0 spiro atoms. The number of alkyl halides is 1. The normalized spacial score (nSPS) is 20.1. The average molecular weight is 262 g/mol. The Morgan fingerprint density at radius 1 is 1.41 bits per heavy atom. The minimum absolute atomic E-state index is 0.0456. The number of phenols is 1. The molecule has 1 heterocycles. The van der Waals surface area contributed by atoms with Crippen LogP contribution >= 0.6 is 11.6 Å². The van der Waals surface area contributed by atoms with Crippen molar-refractivity contribution in [1.29, 1.82) is 0 Å². The van der Waals surface area contributed by atoms with Gasteiger partial charge in [0.05, 0.1) is 5.69 Å². The third-order valence-corrected chi connectivity index (χ3v) is 3.17. The lowest BCUT2D eigenvalue weighted by Crippen LogP contribution is -2.25. The number of halogens is 3. The molecule has 0 bridgehead atoms. The first kappa shape index (κ1) is 12.1. The van der Waals surface area contributed by atoms with E-state index in [1.54, 1.807) is 0 Å². The summed E-state index contributed by atoms with van der Waals surface area (Å²) in [5.41, 5.74) is -0.110. The van der Waals surface area contributed by atoms with E-state index in [0.717, 1.165) is 6.07 Å². The van der Waals surface area contributed by atoms with Crippen LogP contribution in [0.25, 0.3) is 0 Å². The van der Waals surface area contributed by atoms with Gasteiger partial charge in [-0.2, -0.15) is 0 Å². The van der Waals surface area contributed by atoms with Crippen molar-refractivity contribution in [2.75, 3.05) is 17.3 Å². The summed E-state index contributed by atoms with van der Waals surface area (Å²) in [6, 6.07) is 1.48. The summed E-state index contributed by atoms with van der Waals surface area (Å²) in [5, 5.41) is 9.19. The Labute approximate surface area is 102 Å². The van der Waals surface area contributed by atoms with Crippen molar-refractivity contribution < 1.29 is 18.7 Å². The Bertz CT molecular complexity index is 467. The van der Waals surface area contributed by atoms with Gasteiger partial charge in [0.15, 0.2) is 11.6 Å². The number of aromatic hydroxyl groups is 1. The van der Waals surface area contributed by atoms with Crippen molar-refractivity contribution in [2.45, 2.75) is 6.42 Å². The fourth-order valence-corrected chi connectivity index (χ4v) is 2.06. The molecule has 6 heteroatoms. The molecule has 1 saturated heterocycles. The lowest BCUT2D eigenvalue weighted by molar-refractivity contribution is -0.117. The second kappa shape index (κ2) is 4.49. The number of rotatable bonds is 2. The number of amides is 1. The molecule has 0 aromatic heterocycles. The zero-order chi connectivity index (χ0) is 12.6. The van der Waals surface area contributed by atoms with Crippen molar-refractivity contribution >= 4 is 23.2 Å². The van der Waals surface area contributed by atoms with Gasteiger partial charge in [0.2, 0.25) is 5.91 Å². The quantitative estimate of drug-likeness (QED) is 0.830. The molecule has 1 fully saturated rings. The zero-order valence-corrected chi connectivity index (χ0v) is 9.55. The summed E-state index contributed by atoms with van der Waals surface area (Å²) >= 11 is 5.64. The second-order valence-corrected chi connectivity index (χ2v) is 4.29. The summed E-state index contributed by atoms with van der Waals surface area (Å²) in [7, 11) is 0. The highest BCUT2D eigenvalue weighted by molar-refractivity contribution is 6.18. The van der Waals surface area contributed by atoms with Gasteiger partial charge in [-0.1, -0.05) is 0 Å². The number of hydrogen-bond donors (Lipinski definition) is 1. The molecule has 1 N–H and O–H groups in total. The lowest BCUT2D eigenvalue weighted by atomic mass is 10.1. The molecule has 2 rings (SSSR count). The van der Waals surface area contributed by atoms with Gasteiger partial charge in [-0.3, -0.25) is 4.79 Å². The Hall–Kier alpha value is -1.36. The zero-order valence-electron chi connectivity index (χ0n) is 8.79. The monoisotopic (exact) mass is 261 g/mol. The van der Waals surface area contributed by atoms with Crippen molar-refractivity contribution in [1.82, 2.24) is 0 Å². The van der Waals surface area contributed by atoms with Crippen molar-refractivity contribution in [3.63, 3.8) is 0 Å². The van der Waals surface area contributed by atoms with Crippen LogP contribution in [0.4, 0.5) is 14.5 Å². The van der Waals surface area contributed by atoms with Crippen LogP contribution < -0.4 is 4.90 Å². The predicted molar refractivity (Wildman–Crippen MR) is 59.2 cm³/mol. The summed E-state index contributed by atoms with van der Waals surface area (Å²) in [6.07, 6.45) is 0.237. The van der Waals surface area contributed by atoms with E-state index in [9.17, 15) is 18.7 Å². The number of nitrogens with zero attached hydrogens (tertiary/aromatic N) is 1. The lowest BCUT2D eigenvalue weighted by Gasteiger charge is -2.17. The summed E-state index contributed by atoms with van der Waals surface area (Å²) in [5.74, 6) is -2.62. The van der Waals surface area contributed by atoms with E-state index in [2.05, 4.69) is 0 Å². The van der Waals surface area contributed by atoms with E-state index in [1.165, 1.54) is 4.90 Å². The third-order valence-electron chi connectivity index (χ3n) is 2.73. The number of carbonyl (C=O) groups is 1. The van der Waals surface area contributed by atoms with E-state index < -0.39 is 17.4 Å². The van der Waals surface area contributed by atoms with E-state index in [4.69, 9.17) is 11.6 Å². The minimum atomic E-state index is -1.05. The molecule has 1 atom stereocenters. The van der Waals surface area contributed by atoms with Gasteiger partial charge in [0, 0.05) is 31.0 Å². The van der Waals surface area contributed by atoms with Gasteiger partial charge in [-0.25, -0.2) is 8.78 Å². The van der Waals surface area contributed by atoms with Crippen LogP contribution in [0.3, 0.4) is 0 Å². The summed E-state index contributed by atoms with van der Waals surface area (Å²) in [4.78, 5) is 12.8. The van der Waals surface area contributed by atoms with Crippen LogP contribution in [-0.2, 0) is 4.79 Å². The maximum absolute atomic E-state index is 13.5. The molecule has 0 radical (unpaired) electrons. The fourth-order valence-electron chi connectivity index (χ4n) is 1.85. The molecule has 3 nitrogen and oxygen atoms in total. The Morgan fingerprint density at radius 3 is 2.71 bits per heavy atom. The molecule has 1 aromatic rings. The molecule has 1 amide bonds. The van der Waals surface area contributed by atoms with Crippen LogP contribution in [0.1, 0.15) is 6.42 Å². The fraction of sp³-hybridized carbons (Fsp3) is 0.364. The first-order chi connectivity index (χ1) is 8.02. The molecule has 1 aliphatic rings. The highest BCUT2D eigenvalue weighted by Crippen LogP contribution is 2.31. The van der Waals surface area contributed by atoms with Gasteiger partial charge in [-0.05, 0) is 5.92 Å². The Morgan fingerprint density at radius 2 is 2.12 bits per heavy atom. The van der Waals surface area contributed by atoms with Crippen LogP contribution in [0, 0.1) is 17.6 Å². The van der Waals surface area contributed by atoms with Gasteiger partial charge >= 0.3 is 0 Å². The van der Waals surface area contributed by atoms with Crippen LogP contribution in [-0.4, -0.2) is 23.4 Å². The molecule has 1 unspecified atom stereocenters. The number of hydrogen-bond acceptors (Lipinski definition) is 2. The molecule has 92 valence electrons. The number of carbonyl (C=O) groups excluding carboxylic acids is 1. The molecule has 1 aromatic carbocycles. The predicted octanol–water partition coefficient (Wildman–Crippen LogP) is 2.26. The van der Waals surface area contributed by atoms with Gasteiger partial charge < -0.3 is 10.0 Å². The maximum atomic E-state index is 13.5. The van der Waals surface area contributed by atoms with Crippen molar-refractivity contribution in [3.05, 3.63) is 23.8 Å². The van der Waals surface area contributed by atoms with Gasteiger partial charge in [0.25, 0.3) is 0 Å². The van der Waals surface area contributed by atoms with Crippen LogP contribution in [0.5, 0.6) is 5.75 Å². The van der Waals surface area contributed by atoms with Gasteiger partial charge in [0.1, 0.15) is 5.82 Å². The highest BCUT2D eigenvalue weighted by atomic mass is 35.5. The summed E-state index contributed by atoms with van der Waals surface area (Å²) in [6.45, 7) is 0.282. The van der Waals surface area contributed by atoms with Gasteiger partial charge in [-0.15, -0.1) is 11.6 Å². The third kappa shape index (κ3) is 2.20. The van der Waals surface area contributed by atoms with Crippen molar-refractivity contribution in [2.24, 2.45) is 5.92 Å². The molecule has 17 heavy (non-hydrogen) atoms. The number of phenolic OH excluding ortho intramolecular Hbond substituents is 1. The molecule has 0 aliphatic carbocycles. The topological polar surface area (TPSA) is 40.5 Å². The molecule has 1 aliphatic heterocycles. The second-order valence-electron chi connectivity index (χ2n) is 3.98. The first-order valence-corrected chi connectivity index (χ1v) is 5.60. The van der Waals surface area contributed by atoms with E-state index in [-0.39, 0.29) is 30.5 Å². The Balaban J connectivity index is 2.35.